The van der Waals surface area contributed by atoms with Gasteiger partial charge in [0.1, 0.15) is 10.9 Å². The molecule has 0 saturated carbocycles. The van der Waals surface area contributed by atoms with Crippen LogP contribution in [0.2, 0.25) is 0 Å². The molecule has 7 nitrogen and oxygen atoms in total. The van der Waals surface area contributed by atoms with E-state index in [1.807, 2.05) is 32.0 Å². The maximum absolute atomic E-state index is 13.3. The summed E-state index contributed by atoms with van der Waals surface area (Å²) in [6.07, 6.45) is 1.37. The highest BCUT2D eigenvalue weighted by molar-refractivity contribution is 14.1. The highest BCUT2D eigenvalue weighted by Crippen LogP contribution is 2.31. The van der Waals surface area contributed by atoms with E-state index in [0.29, 0.717) is 10.4 Å². The first-order chi connectivity index (χ1) is 18.0. The zero-order valence-corrected chi connectivity index (χ0v) is 25.2. The molecule has 0 aliphatic rings. The van der Waals surface area contributed by atoms with Crippen LogP contribution in [0.25, 0.3) is 11.8 Å². The second kappa shape index (κ2) is 12.5. The Balaban J connectivity index is 2.00. The van der Waals surface area contributed by atoms with Crippen LogP contribution in [0, 0.1) is 42.6 Å². The first kappa shape index (κ1) is 29.3. The van der Waals surface area contributed by atoms with E-state index >= 15 is 0 Å². The zero-order valence-electron chi connectivity index (χ0n) is 22.2. The Bertz CT molecular complexity index is 1490. The van der Waals surface area contributed by atoms with E-state index in [1.54, 1.807) is 26.8 Å². The monoisotopic (exact) mass is 644 g/mol. The lowest BCUT2D eigenvalue weighted by atomic mass is 10.0. The van der Waals surface area contributed by atoms with E-state index in [-0.39, 0.29) is 35.6 Å². The normalized spacial score (nSPS) is 11.3. The number of thiophene rings is 1. The fourth-order valence-electron chi connectivity index (χ4n) is 4.18. The van der Waals surface area contributed by atoms with Gasteiger partial charge in [-0.2, -0.15) is 5.26 Å². The van der Waals surface area contributed by atoms with Crippen molar-refractivity contribution in [3.05, 3.63) is 76.8 Å². The van der Waals surface area contributed by atoms with Crippen LogP contribution >= 0.6 is 33.9 Å². The van der Waals surface area contributed by atoms with Crippen molar-refractivity contribution in [3.8, 4) is 11.8 Å². The number of allylic oxidation sites excluding steroid dienone is 1. The third kappa shape index (κ3) is 6.08. The van der Waals surface area contributed by atoms with Gasteiger partial charge in [0.2, 0.25) is 0 Å². The molecule has 0 atom stereocenters. The van der Waals surface area contributed by atoms with E-state index in [0.717, 1.165) is 37.5 Å². The standard InChI is InChI=1S/C29H29IN2O5S/c1-7-36-28(34)26-18(5)27(29(35)37-8-2)38-25(26)14-24(33)21(15-31)12-20-11-17(4)32(19(20)6)22-10-9-16(3)23(30)13-22/h9-13H,7-8,14H2,1-6H3/b21-12+. The summed E-state index contributed by atoms with van der Waals surface area (Å²) in [5.74, 6) is -1.63. The Morgan fingerprint density at radius 2 is 1.71 bits per heavy atom. The molecule has 38 heavy (non-hydrogen) atoms. The molecule has 0 fully saturated rings. The Labute approximate surface area is 240 Å². The highest BCUT2D eigenvalue weighted by atomic mass is 127. The van der Waals surface area contributed by atoms with Crippen molar-refractivity contribution < 1.29 is 23.9 Å². The van der Waals surface area contributed by atoms with Gasteiger partial charge in [0.25, 0.3) is 0 Å². The minimum absolute atomic E-state index is 0.0396. The second-order valence-corrected chi connectivity index (χ2v) is 10.9. The third-order valence-corrected chi connectivity index (χ3v) is 8.52. The predicted molar refractivity (Wildman–Crippen MR) is 156 cm³/mol. The molecule has 0 bridgehead atoms. The van der Waals surface area contributed by atoms with Crippen LogP contribution < -0.4 is 0 Å². The summed E-state index contributed by atoms with van der Waals surface area (Å²) in [6, 6.07) is 10.1. The minimum atomic E-state index is -0.613. The number of carbonyl (C=O) groups is 3. The van der Waals surface area contributed by atoms with E-state index in [2.05, 4.69) is 46.2 Å². The van der Waals surface area contributed by atoms with Crippen LogP contribution in [0.5, 0.6) is 0 Å². The van der Waals surface area contributed by atoms with Gasteiger partial charge >= 0.3 is 11.9 Å². The molecule has 0 saturated heterocycles. The largest absolute Gasteiger partial charge is 0.462 e. The van der Waals surface area contributed by atoms with Crippen molar-refractivity contribution in [1.82, 2.24) is 4.57 Å². The fraction of sp³-hybridized carbons (Fsp3) is 0.310. The first-order valence-corrected chi connectivity index (χ1v) is 14.0. The summed E-state index contributed by atoms with van der Waals surface area (Å²) in [4.78, 5) is 39.0. The molecule has 0 radical (unpaired) electrons. The number of aromatic nitrogens is 1. The van der Waals surface area contributed by atoms with E-state index < -0.39 is 17.7 Å². The third-order valence-electron chi connectivity index (χ3n) is 6.09. The minimum Gasteiger partial charge on any atom is -0.462 e. The van der Waals surface area contributed by atoms with Gasteiger partial charge < -0.3 is 14.0 Å². The highest BCUT2D eigenvalue weighted by Gasteiger charge is 2.28. The Hall–Kier alpha value is -3.23. The Kier molecular flexibility index (Phi) is 9.68. The number of hydrogen-bond donors (Lipinski definition) is 0. The van der Waals surface area contributed by atoms with Gasteiger partial charge in [0.15, 0.2) is 5.78 Å². The number of aryl methyl sites for hydroxylation is 2. The number of nitriles is 1. The van der Waals surface area contributed by atoms with Crippen molar-refractivity contribution >= 4 is 57.7 Å². The van der Waals surface area contributed by atoms with E-state index in [4.69, 9.17) is 9.47 Å². The molecule has 0 aliphatic carbocycles. The predicted octanol–water partition coefficient (Wildman–Crippen LogP) is 6.45. The topological polar surface area (TPSA) is 98.4 Å². The summed E-state index contributed by atoms with van der Waals surface area (Å²) in [7, 11) is 0. The van der Waals surface area contributed by atoms with Crippen LogP contribution in [0.4, 0.5) is 0 Å². The molecule has 2 heterocycles. The average Bonchev–Trinajstić information content (AvgIpc) is 3.34. The number of ketones is 1. The first-order valence-electron chi connectivity index (χ1n) is 12.1. The van der Waals surface area contributed by atoms with Gasteiger partial charge in [0.05, 0.1) is 24.4 Å². The molecule has 0 spiro atoms. The average molecular weight is 645 g/mol. The summed E-state index contributed by atoms with van der Waals surface area (Å²) in [5.41, 5.74) is 5.35. The van der Waals surface area contributed by atoms with Crippen molar-refractivity contribution in [2.45, 2.75) is 48.0 Å². The van der Waals surface area contributed by atoms with E-state index in [9.17, 15) is 19.6 Å². The van der Waals surface area contributed by atoms with Gasteiger partial charge in [-0.05, 0) is 105 Å². The lowest BCUT2D eigenvalue weighted by Gasteiger charge is -2.11. The lowest BCUT2D eigenvalue weighted by molar-refractivity contribution is -0.114. The van der Waals surface area contributed by atoms with Crippen LogP contribution in [-0.4, -0.2) is 35.5 Å². The van der Waals surface area contributed by atoms with Crippen molar-refractivity contribution in [2.24, 2.45) is 0 Å². The molecule has 3 aromatic rings. The van der Waals surface area contributed by atoms with Crippen LogP contribution in [0.3, 0.4) is 0 Å². The maximum atomic E-state index is 13.3. The van der Waals surface area contributed by atoms with Crippen molar-refractivity contribution in [1.29, 1.82) is 5.26 Å². The van der Waals surface area contributed by atoms with Crippen LogP contribution in [0.15, 0.2) is 29.8 Å². The lowest BCUT2D eigenvalue weighted by Crippen LogP contribution is -2.12. The van der Waals surface area contributed by atoms with Crippen LogP contribution in [-0.2, 0) is 20.7 Å². The molecule has 9 heteroatoms. The number of carbonyl (C=O) groups excluding carboxylic acids is 3. The Morgan fingerprint density at radius 3 is 2.32 bits per heavy atom. The summed E-state index contributed by atoms with van der Waals surface area (Å²) in [5, 5.41) is 9.86. The molecular weight excluding hydrogens is 615 g/mol. The zero-order chi connectivity index (χ0) is 28.1. The van der Waals surface area contributed by atoms with E-state index in [1.165, 1.54) is 5.56 Å². The maximum Gasteiger partial charge on any atom is 0.348 e. The number of ether oxygens (including phenoxy) is 2. The van der Waals surface area contributed by atoms with Crippen molar-refractivity contribution in [3.63, 3.8) is 0 Å². The molecular formula is C29H29IN2O5S. The number of esters is 2. The summed E-state index contributed by atoms with van der Waals surface area (Å²) < 4.78 is 13.5. The number of nitrogens with zero attached hydrogens (tertiary/aromatic N) is 2. The summed E-state index contributed by atoms with van der Waals surface area (Å²) in [6.45, 7) is 11.3. The van der Waals surface area contributed by atoms with Gasteiger partial charge in [-0.15, -0.1) is 11.3 Å². The number of halogens is 1. The van der Waals surface area contributed by atoms with Crippen molar-refractivity contribution in [2.75, 3.05) is 13.2 Å². The molecule has 0 aliphatic heterocycles. The smallest absolute Gasteiger partial charge is 0.348 e. The molecule has 198 valence electrons. The van der Waals surface area contributed by atoms with Gasteiger partial charge in [-0.1, -0.05) is 6.07 Å². The molecule has 0 N–H and O–H groups in total. The Morgan fingerprint density at radius 1 is 1.05 bits per heavy atom. The fourth-order valence-corrected chi connectivity index (χ4v) is 5.87. The molecule has 0 unspecified atom stereocenters. The number of hydrogen-bond acceptors (Lipinski definition) is 7. The number of benzene rings is 1. The number of Topliss-reactive ketones (excluding diaryl/α,β-unsaturated/α-hetero) is 1. The van der Waals surface area contributed by atoms with Gasteiger partial charge in [-0.3, -0.25) is 4.79 Å². The van der Waals surface area contributed by atoms with Gasteiger partial charge in [-0.25, -0.2) is 9.59 Å². The quantitative estimate of drug-likeness (QED) is 0.115. The number of rotatable bonds is 9. The molecule has 2 aromatic heterocycles. The second-order valence-electron chi connectivity index (χ2n) is 8.66. The molecule has 0 amide bonds. The summed E-state index contributed by atoms with van der Waals surface area (Å²) >= 11 is 3.33. The van der Waals surface area contributed by atoms with Crippen LogP contribution in [0.1, 0.15) is 66.8 Å². The SMILES string of the molecule is CCOC(=O)c1sc(CC(=O)/C(C#N)=C/c2cc(C)n(-c3ccc(C)c(I)c3)c2C)c(C(=O)OCC)c1C. The van der Waals surface area contributed by atoms with Gasteiger partial charge in [0, 0.05) is 31.9 Å². The molecule has 3 rings (SSSR count). The molecule has 1 aromatic carbocycles.